The van der Waals surface area contributed by atoms with Crippen LogP contribution in [0.4, 0.5) is 5.69 Å². The molecule has 0 amide bonds. The second-order valence-electron chi connectivity index (χ2n) is 3.01. The highest BCUT2D eigenvalue weighted by atomic mass is 16.1. The number of carbonyl (C=O) groups excluding carboxylic acids is 1. The normalized spacial score (nSPS) is 15.9. The summed E-state index contributed by atoms with van der Waals surface area (Å²) in [5.41, 5.74) is 1.37. The van der Waals surface area contributed by atoms with Crippen molar-refractivity contribution in [3.8, 4) is 0 Å². The van der Waals surface area contributed by atoms with E-state index < -0.39 is 0 Å². The van der Waals surface area contributed by atoms with E-state index in [1.54, 1.807) is 12.1 Å². The smallest absolute Gasteiger partial charge is 0.189 e. The van der Waals surface area contributed by atoms with Crippen LogP contribution in [0.3, 0.4) is 0 Å². The zero-order chi connectivity index (χ0) is 9.54. The first-order chi connectivity index (χ1) is 6.86. The molecule has 4 nitrogen and oxygen atoms in total. The fourth-order valence-electron chi connectivity index (χ4n) is 1.55. The predicted octanol–water partition coefficient (Wildman–Crippen LogP) is 0.309. The van der Waals surface area contributed by atoms with Gasteiger partial charge in [0.05, 0.1) is 5.69 Å². The van der Waals surface area contributed by atoms with Gasteiger partial charge in [0, 0.05) is 17.8 Å². The minimum Gasteiger partial charge on any atom is -0.289 e. The first-order valence-corrected chi connectivity index (χ1v) is 4.18. The van der Waals surface area contributed by atoms with Crippen LogP contribution in [0.1, 0.15) is 10.4 Å². The zero-order valence-electron chi connectivity index (χ0n) is 7.14. The second kappa shape index (κ2) is 2.45. The Balaban J connectivity index is 2.53. The molecule has 2 aliphatic heterocycles. The van der Waals surface area contributed by atoms with Crippen LogP contribution >= 0.6 is 0 Å². The summed E-state index contributed by atoms with van der Waals surface area (Å²) in [7, 11) is 0. The summed E-state index contributed by atoms with van der Waals surface area (Å²) < 4.78 is 0. The molecule has 1 aromatic rings. The Bertz CT molecular complexity index is 611. The Kier molecular flexibility index (Phi) is 1.28. The molecule has 3 rings (SSSR count). The van der Waals surface area contributed by atoms with E-state index in [4.69, 9.17) is 0 Å². The number of carbonyl (C=O) groups is 1. The van der Waals surface area contributed by atoms with Crippen molar-refractivity contribution < 1.29 is 4.79 Å². The monoisotopic (exact) mass is 183 g/mol. The van der Waals surface area contributed by atoms with E-state index in [9.17, 15) is 4.79 Å². The number of fused-ring (bicyclic) bond motifs is 3. The zero-order valence-corrected chi connectivity index (χ0v) is 7.14. The molecule has 0 atom stereocenters. The molecule has 4 heteroatoms. The molecule has 14 heavy (non-hydrogen) atoms. The van der Waals surface area contributed by atoms with Crippen molar-refractivity contribution >= 4 is 17.8 Å². The first-order valence-electron chi connectivity index (χ1n) is 4.18. The minimum atomic E-state index is -0.0279. The molecule has 0 aliphatic carbocycles. The van der Waals surface area contributed by atoms with Gasteiger partial charge in [0.25, 0.3) is 0 Å². The van der Waals surface area contributed by atoms with Gasteiger partial charge in [-0.05, 0) is 12.1 Å². The lowest BCUT2D eigenvalue weighted by atomic mass is 10.1. The van der Waals surface area contributed by atoms with E-state index in [1.165, 1.54) is 18.6 Å². The highest BCUT2D eigenvalue weighted by Crippen LogP contribution is 2.08. The lowest BCUT2D eigenvalue weighted by molar-refractivity contribution is 0.104. The van der Waals surface area contributed by atoms with E-state index in [2.05, 4.69) is 15.0 Å². The molecule has 0 saturated heterocycles. The van der Waals surface area contributed by atoms with Gasteiger partial charge in [0.2, 0.25) is 0 Å². The molecular formula is C10H5N3O. The van der Waals surface area contributed by atoms with Crippen molar-refractivity contribution in [3.63, 3.8) is 0 Å². The highest BCUT2D eigenvalue weighted by Gasteiger charge is 2.13. The number of benzene rings is 1. The minimum absolute atomic E-state index is 0.0279. The van der Waals surface area contributed by atoms with Crippen molar-refractivity contribution in [1.29, 1.82) is 0 Å². The summed E-state index contributed by atoms with van der Waals surface area (Å²) in [5.74, 6) is -0.0279. The van der Waals surface area contributed by atoms with Crippen molar-refractivity contribution in [2.24, 2.45) is 15.0 Å². The molecule has 0 radical (unpaired) electrons. The van der Waals surface area contributed by atoms with Gasteiger partial charge in [-0.3, -0.25) is 9.79 Å². The van der Waals surface area contributed by atoms with Crippen LogP contribution in [0.15, 0.2) is 39.4 Å². The molecule has 2 aliphatic rings. The van der Waals surface area contributed by atoms with Gasteiger partial charge in [0.1, 0.15) is 17.1 Å². The number of hydrogen-bond acceptors (Lipinski definition) is 4. The maximum Gasteiger partial charge on any atom is 0.189 e. The number of nitrogens with zero attached hydrogens (tertiary/aromatic N) is 3. The Labute approximate surface area is 79.0 Å². The molecule has 0 aromatic heterocycles. The van der Waals surface area contributed by atoms with E-state index in [-0.39, 0.29) is 5.78 Å². The molecule has 0 bridgehead atoms. The Morgan fingerprint density at radius 3 is 2.93 bits per heavy atom. The number of ketones is 1. The fraction of sp³-hybridized carbons (Fsp3) is 0. The molecular weight excluding hydrogens is 178 g/mol. The lowest BCUT2D eigenvalue weighted by Gasteiger charge is -2.01. The highest BCUT2D eigenvalue weighted by molar-refractivity contribution is 6.05. The molecule has 0 N–H and O–H groups in total. The van der Waals surface area contributed by atoms with Crippen molar-refractivity contribution in [1.82, 2.24) is 0 Å². The van der Waals surface area contributed by atoms with E-state index in [0.29, 0.717) is 16.3 Å². The van der Waals surface area contributed by atoms with Crippen LogP contribution in [-0.2, 0) is 0 Å². The summed E-state index contributed by atoms with van der Waals surface area (Å²) in [4.78, 5) is 23.7. The molecule has 1 aromatic carbocycles. The maximum absolute atomic E-state index is 11.5. The molecule has 0 fully saturated rings. The maximum atomic E-state index is 11.5. The van der Waals surface area contributed by atoms with Crippen molar-refractivity contribution in [2.45, 2.75) is 0 Å². The standard InChI is InChI=1S/C10H5N3O/c14-8-3-4-11-9-6(8)1-2-7-10(9)13-5-12-7/h1-5H. The third kappa shape index (κ3) is 0.821. The van der Waals surface area contributed by atoms with Crippen LogP contribution in [0.2, 0.25) is 0 Å². The van der Waals surface area contributed by atoms with Crippen LogP contribution in [0, 0.1) is 0 Å². The SMILES string of the molecule is O=C1C=CN=c2c1ccc1c2=NC=N1. The molecule has 2 heterocycles. The third-order valence-electron chi connectivity index (χ3n) is 2.21. The Morgan fingerprint density at radius 2 is 2.00 bits per heavy atom. The van der Waals surface area contributed by atoms with Gasteiger partial charge in [-0.1, -0.05) is 0 Å². The molecule has 66 valence electrons. The third-order valence-corrected chi connectivity index (χ3v) is 2.21. The van der Waals surface area contributed by atoms with Crippen molar-refractivity contribution in [2.75, 3.05) is 0 Å². The quantitative estimate of drug-likeness (QED) is 0.571. The van der Waals surface area contributed by atoms with E-state index >= 15 is 0 Å². The van der Waals surface area contributed by atoms with Crippen LogP contribution in [0.5, 0.6) is 0 Å². The van der Waals surface area contributed by atoms with Crippen LogP contribution < -0.4 is 10.7 Å². The Hall–Kier alpha value is -2.10. The predicted molar refractivity (Wildman–Crippen MR) is 50.4 cm³/mol. The largest absolute Gasteiger partial charge is 0.289 e. The van der Waals surface area contributed by atoms with Gasteiger partial charge >= 0.3 is 0 Å². The fourth-order valence-corrected chi connectivity index (χ4v) is 1.55. The topological polar surface area (TPSA) is 54.1 Å². The lowest BCUT2D eigenvalue weighted by Crippen LogP contribution is -2.31. The molecule has 0 saturated carbocycles. The number of aliphatic imine (C=N–C) groups is 1. The van der Waals surface area contributed by atoms with Gasteiger partial charge in [0.15, 0.2) is 5.78 Å². The molecule has 0 spiro atoms. The second-order valence-corrected chi connectivity index (χ2v) is 3.01. The number of hydrogen-bond donors (Lipinski definition) is 0. The average molecular weight is 183 g/mol. The summed E-state index contributed by atoms with van der Waals surface area (Å²) in [6.45, 7) is 0. The van der Waals surface area contributed by atoms with Crippen LogP contribution in [-0.4, -0.2) is 12.1 Å². The van der Waals surface area contributed by atoms with E-state index in [1.807, 2.05) is 0 Å². The van der Waals surface area contributed by atoms with Gasteiger partial charge in [-0.25, -0.2) is 9.98 Å². The summed E-state index contributed by atoms with van der Waals surface area (Å²) >= 11 is 0. The summed E-state index contributed by atoms with van der Waals surface area (Å²) in [6.07, 6.45) is 4.42. The van der Waals surface area contributed by atoms with E-state index in [0.717, 1.165) is 5.69 Å². The van der Waals surface area contributed by atoms with Crippen molar-refractivity contribution in [3.05, 3.63) is 40.7 Å². The van der Waals surface area contributed by atoms with Gasteiger partial charge in [-0.2, -0.15) is 0 Å². The van der Waals surface area contributed by atoms with Gasteiger partial charge in [-0.15, -0.1) is 0 Å². The number of allylic oxidation sites excluding steroid dienone is 1. The summed E-state index contributed by atoms with van der Waals surface area (Å²) in [6, 6.07) is 3.52. The van der Waals surface area contributed by atoms with Crippen LogP contribution in [0.25, 0.3) is 0 Å². The first kappa shape index (κ1) is 7.32. The summed E-state index contributed by atoms with van der Waals surface area (Å²) in [5, 5.41) is 1.33. The average Bonchev–Trinajstić information content (AvgIpc) is 2.66. The Morgan fingerprint density at radius 1 is 1.07 bits per heavy atom. The molecule has 0 unspecified atom stereocenters. The number of rotatable bonds is 0. The van der Waals surface area contributed by atoms with Gasteiger partial charge < -0.3 is 0 Å².